The molecule has 4 heteroatoms. The lowest BCUT2D eigenvalue weighted by Crippen LogP contribution is -2.32. The van der Waals surface area contributed by atoms with Crippen molar-refractivity contribution in [2.24, 2.45) is 0 Å². The maximum absolute atomic E-state index is 6.69. The number of para-hydroxylation sites is 2. The molecule has 7 aromatic carbocycles. The summed E-state index contributed by atoms with van der Waals surface area (Å²) in [6, 6.07) is 59.4. The number of ether oxygens (including phenoxy) is 1. The van der Waals surface area contributed by atoms with E-state index in [1.807, 2.05) is 36.4 Å². The fraction of sp³-hybridized carbons (Fsp3) is 0.0213. The highest BCUT2D eigenvalue weighted by Gasteiger charge is 2.51. The summed E-state index contributed by atoms with van der Waals surface area (Å²) in [5.41, 5.74) is 13.0. The molecule has 0 saturated carbocycles. The average molecular weight is 653 g/mol. The van der Waals surface area contributed by atoms with E-state index >= 15 is 0 Å². The van der Waals surface area contributed by atoms with Gasteiger partial charge in [0.2, 0.25) is 0 Å². The highest BCUT2D eigenvalue weighted by molar-refractivity contribution is 6.05. The Morgan fingerprint density at radius 3 is 1.76 bits per heavy atom. The number of hydrogen-bond donors (Lipinski definition) is 0. The summed E-state index contributed by atoms with van der Waals surface area (Å²) in [6.45, 7) is 0. The van der Waals surface area contributed by atoms with Crippen LogP contribution in [0.4, 0.5) is 0 Å². The summed E-state index contributed by atoms with van der Waals surface area (Å²) in [5.74, 6) is 2.39. The molecule has 0 unspecified atom stereocenters. The van der Waals surface area contributed by atoms with Crippen molar-refractivity contribution in [3.05, 3.63) is 192 Å². The van der Waals surface area contributed by atoms with Gasteiger partial charge < -0.3 is 9.15 Å². The Kier molecular flexibility index (Phi) is 5.84. The molecule has 0 radical (unpaired) electrons. The second-order valence-electron chi connectivity index (χ2n) is 13.3. The van der Waals surface area contributed by atoms with Gasteiger partial charge in [-0.2, -0.15) is 0 Å². The third-order valence-corrected chi connectivity index (χ3v) is 10.6. The van der Waals surface area contributed by atoms with Gasteiger partial charge in [0.05, 0.1) is 16.8 Å². The minimum absolute atomic E-state index is 0.558. The first-order valence-corrected chi connectivity index (χ1v) is 17.2. The molecule has 2 aliphatic rings. The number of aromatic nitrogens is 2. The number of fused-ring (bicyclic) bond motifs is 12. The maximum atomic E-state index is 6.69. The zero-order valence-corrected chi connectivity index (χ0v) is 27.4. The fourth-order valence-electron chi connectivity index (χ4n) is 8.36. The SMILES string of the molecule is c1ccc(-c2nc(-c3ccc4c(c3)C3(c5ccccc5O4)c4ccccc4-c4ccccc43)cc(-c3ccc4c(c3)oc3ccccc34)n2)cc1. The minimum Gasteiger partial charge on any atom is -0.457 e. The Bertz CT molecular complexity index is 2810. The molecule has 1 aliphatic carbocycles. The topological polar surface area (TPSA) is 48.2 Å². The molecular weight excluding hydrogens is 625 g/mol. The van der Waals surface area contributed by atoms with Crippen molar-refractivity contribution in [3.63, 3.8) is 0 Å². The number of rotatable bonds is 3. The van der Waals surface area contributed by atoms with Crippen molar-refractivity contribution in [2.75, 3.05) is 0 Å². The number of benzene rings is 7. The Balaban J connectivity index is 1.15. The molecule has 0 fully saturated rings. The monoisotopic (exact) mass is 652 g/mol. The Morgan fingerprint density at radius 2 is 0.980 bits per heavy atom. The first-order chi connectivity index (χ1) is 25.3. The van der Waals surface area contributed by atoms with Crippen LogP contribution in [0.25, 0.3) is 67.0 Å². The van der Waals surface area contributed by atoms with Crippen molar-refractivity contribution in [1.29, 1.82) is 0 Å². The summed E-state index contributed by atoms with van der Waals surface area (Å²) in [7, 11) is 0. The predicted octanol–water partition coefficient (Wildman–Crippen LogP) is 11.8. The molecule has 9 aromatic rings. The van der Waals surface area contributed by atoms with Crippen LogP contribution >= 0.6 is 0 Å². The van der Waals surface area contributed by atoms with E-state index in [-0.39, 0.29) is 0 Å². The lowest BCUT2D eigenvalue weighted by Gasteiger charge is -2.39. The van der Waals surface area contributed by atoms with Gasteiger partial charge in [-0.25, -0.2) is 9.97 Å². The van der Waals surface area contributed by atoms with Crippen LogP contribution in [0, 0.1) is 0 Å². The molecule has 1 aliphatic heterocycles. The molecular formula is C47H28N2O2. The van der Waals surface area contributed by atoms with E-state index in [0.717, 1.165) is 72.6 Å². The van der Waals surface area contributed by atoms with Gasteiger partial charge in [-0.3, -0.25) is 0 Å². The summed E-state index contributed by atoms with van der Waals surface area (Å²) in [4.78, 5) is 10.3. The zero-order chi connectivity index (χ0) is 33.5. The van der Waals surface area contributed by atoms with E-state index in [1.54, 1.807) is 0 Å². The molecule has 0 bridgehead atoms. The fourth-order valence-corrected chi connectivity index (χ4v) is 8.36. The van der Waals surface area contributed by atoms with Crippen molar-refractivity contribution < 1.29 is 9.15 Å². The van der Waals surface area contributed by atoms with E-state index in [2.05, 4.69) is 133 Å². The molecule has 2 aromatic heterocycles. The van der Waals surface area contributed by atoms with Crippen LogP contribution in [0.3, 0.4) is 0 Å². The maximum Gasteiger partial charge on any atom is 0.160 e. The molecule has 11 rings (SSSR count). The average Bonchev–Trinajstić information content (AvgIpc) is 3.72. The third-order valence-electron chi connectivity index (χ3n) is 10.6. The number of furan rings is 1. The first kappa shape index (κ1) is 28.1. The Hall–Kier alpha value is -6.78. The van der Waals surface area contributed by atoms with Gasteiger partial charge in [-0.1, -0.05) is 121 Å². The van der Waals surface area contributed by atoms with Crippen molar-refractivity contribution >= 4 is 21.9 Å². The largest absolute Gasteiger partial charge is 0.457 e. The summed E-state index contributed by atoms with van der Waals surface area (Å²) < 4.78 is 13.0. The van der Waals surface area contributed by atoms with Crippen molar-refractivity contribution in [2.45, 2.75) is 5.41 Å². The van der Waals surface area contributed by atoms with Crippen LogP contribution in [0.15, 0.2) is 174 Å². The van der Waals surface area contributed by atoms with Crippen molar-refractivity contribution in [3.8, 4) is 56.5 Å². The number of nitrogens with zero attached hydrogens (tertiary/aromatic N) is 2. The summed E-state index contributed by atoms with van der Waals surface area (Å²) in [6.07, 6.45) is 0. The summed E-state index contributed by atoms with van der Waals surface area (Å²) >= 11 is 0. The lowest BCUT2D eigenvalue weighted by atomic mass is 9.66. The van der Waals surface area contributed by atoms with Crippen LogP contribution in [-0.4, -0.2) is 9.97 Å². The lowest BCUT2D eigenvalue weighted by molar-refractivity contribution is 0.436. The molecule has 4 nitrogen and oxygen atoms in total. The predicted molar refractivity (Wildman–Crippen MR) is 203 cm³/mol. The van der Waals surface area contributed by atoms with Gasteiger partial charge >= 0.3 is 0 Å². The van der Waals surface area contributed by atoms with E-state index in [1.165, 1.54) is 22.3 Å². The van der Waals surface area contributed by atoms with Crippen LogP contribution in [0.2, 0.25) is 0 Å². The second kappa shape index (κ2) is 10.6. The highest BCUT2D eigenvalue weighted by atomic mass is 16.5. The molecule has 0 N–H and O–H groups in total. The summed E-state index contributed by atoms with van der Waals surface area (Å²) in [5, 5.41) is 2.19. The van der Waals surface area contributed by atoms with E-state index in [9.17, 15) is 0 Å². The second-order valence-corrected chi connectivity index (χ2v) is 13.3. The highest BCUT2D eigenvalue weighted by Crippen LogP contribution is 2.62. The van der Waals surface area contributed by atoms with Gasteiger partial charge in [-0.05, 0) is 70.8 Å². The van der Waals surface area contributed by atoms with Crippen LogP contribution < -0.4 is 4.74 Å². The molecule has 3 heterocycles. The first-order valence-electron chi connectivity index (χ1n) is 17.2. The molecule has 1 spiro atoms. The van der Waals surface area contributed by atoms with Gasteiger partial charge in [0.25, 0.3) is 0 Å². The zero-order valence-electron chi connectivity index (χ0n) is 27.4. The van der Waals surface area contributed by atoms with E-state index < -0.39 is 5.41 Å². The minimum atomic E-state index is -0.558. The van der Waals surface area contributed by atoms with Crippen molar-refractivity contribution in [1.82, 2.24) is 9.97 Å². The quantitative estimate of drug-likeness (QED) is 0.191. The van der Waals surface area contributed by atoms with E-state index in [4.69, 9.17) is 19.1 Å². The van der Waals surface area contributed by atoms with Crippen LogP contribution in [0.1, 0.15) is 22.3 Å². The molecule has 238 valence electrons. The molecule has 0 atom stereocenters. The Labute approximate surface area is 294 Å². The molecule has 51 heavy (non-hydrogen) atoms. The van der Waals surface area contributed by atoms with Gasteiger partial charge in [0, 0.05) is 38.6 Å². The van der Waals surface area contributed by atoms with E-state index in [0.29, 0.717) is 5.82 Å². The number of hydrogen-bond acceptors (Lipinski definition) is 4. The third kappa shape index (κ3) is 4.02. The smallest absolute Gasteiger partial charge is 0.160 e. The van der Waals surface area contributed by atoms with Crippen LogP contribution in [0.5, 0.6) is 11.5 Å². The Morgan fingerprint density at radius 1 is 0.392 bits per heavy atom. The van der Waals surface area contributed by atoms with Gasteiger partial charge in [-0.15, -0.1) is 0 Å². The normalized spacial score (nSPS) is 13.4. The molecule has 0 saturated heterocycles. The standard InChI is InChI=1S/C47H28N2O2/c1-2-12-29(13-3-1)46-48-40(28-41(49-46)31-22-24-35-34-16-6-10-20-42(34)50-45(35)27-31)30-23-25-44-39(26-30)47(38-19-9-11-21-43(38)51-44)36-17-7-4-14-32(36)33-15-5-8-18-37(33)47/h1-28H. The van der Waals surface area contributed by atoms with Gasteiger partial charge in [0.15, 0.2) is 5.82 Å². The molecule has 0 amide bonds. The van der Waals surface area contributed by atoms with Crippen LogP contribution in [-0.2, 0) is 5.41 Å². The van der Waals surface area contributed by atoms with Gasteiger partial charge in [0.1, 0.15) is 22.7 Å².